The quantitative estimate of drug-likeness (QED) is 0.573. The molecule has 9 heteroatoms. The molecule has 0 spiro atoms. The van der Waals surface area contributed by atoms with Crippen molar-refractivity contribution in [2.75, 3.05) is 7.11 Å². The Bertz CT molecular complexity index is 975. The first-order valence-electron chi connectivity index (χ1n) is 7.75. The third kappa shape index (κ3) is 5.55. The van der Waals surface area contributed by atoms with Crippen molar-refractivity contribution < 1.29 is 22.2 Å². The van der Waals surface area contributed by atoms with E-state index in [1.165, 1.54) is 25.3 Å². The maximum atomic E-state index is 12.0. The van der Waals surface area contributed by atoms with Gasteiger partial charge >= 0.3 is 10.1 Å². The molecule has 0 bridgehead atoms. The Balaban J connectivity index is 2.02. The smallest absolute Gasteiger partial charge is 0.358 e. The first kappa shape index (κ1) is 19.9. The lowest BCUT2D eigenvalue weighted by Gasteiger charge is -2.05. The van der Waals surface area contributed by atoms with Gasteiger partial charge < -0.3 is 10.1 Å². The summed E-state index contributed by atoms with van der Waals surface area (Å²) in [6, 6.07) is 14.3. The van der Waals surface area contributed by atoms with Gasteiger partial charge in [0.15, 0.2) is 0 Å². The first-order chi connectivity index (χ1) is 12.9. The van der Waals surface area contributed by atoms with Gasteiger partial charge in [-0.05, 0) is 41.9 Å². The number of hydrogen-bond donors (Lipinski definition) is 1. The number of carbonyl (C=O) groups excluding carboxylic acids is 1. The monoisotopic (exact) mass is 387 g/mol. The van der Waals surface area contributed by atoms with Crippen LogP contribution in [0.15, 0.2) is 58.6 Å². The Morgan fingerprint density at radius 3 is 2.33 bits per heavy atom. The van der Waals surface area contributed by atoms with Gasteiger partial charge in [0.05, 0.1) is 7.11 Å². The van der Waals surface area contributed by atoms with Gasteiger partial charge in [-0.3, -0.25) is 9.08 Å². The minimum atomic E-state index is -4.22. The molecule has 0 atom stereocenters. The number of carbonyl (C=O) groups is 1. The van der Waals surface area contributed by atoms with E-state index in [0.717, 1.165) is 11.1 Å². The van der Waals surface area contributed by atoms with E-state index in [4.69, 9.17) is 10.00 Å². The molecule has 0 aliphatic rings. The standard InChI is InChI=1S/C18H17N3O5S/c1-13-3-9-16(10-4-13)27(23,24)26-21-17(11-19)18(22)20-12-14-5-7-15(25-2)8-6-14/h3-10H,12H2,1-2H3,(H,20,22)/b21-17+. The molecule has 0 radical (unpaired) electrons. The van der Waals surface area contributed by atoms with Crippen LogP contribution < -0.4 is 10.1 Å². The summed E-state index contributed by atoms with van der Waals surface area (Å²) in [6.45, 7) is 1.92. The Labute approximate surface area is 157 Å². The van der Waals surface area contributed by atoms with Crippen molar-refractivity contribution in [2.45, 2.75) is 18.4 Å². The maximum absolute atomic E-state index is 12.0. The van der Waals surface area contributed by atoms with Crippen LogP contribution in [0.25, 0.3) is 0 Å². The van der Waals surface area contributed by atoms with Crippen LogP contribution in [0.2, 0.25) is 0 Å². The minimum absolute atomic E-state index is 0.119. The molecule has 1 N–H and O–H groups in total. The number of methoxy groups -OCH3 is 1. The van der Waals surface area contributed by atoms with Crippen molar-refractivity contribution >= 4 is 21.7 Å². The van der Waals surface area contributed by atoms with Gasteiger partial charge in [-0.15, -0.1) is 0 Å². The molecule has 1 amide bonds. The second-order valence-electron chi connectivity index (χ2n) is 5.42. The number of hydrogen-bond acceptors (Lipinski definition) is 7. The Morgan fingerprint density at radius 1 is 1.15 bits per heavy atom. The molecule has 0 fully saturated rings. The second-order valence-corrected chi connectivity index (χ2v) is 6.95. The van der Waals surface area contributed by atoms with Gasteiger partial charge in [0.1, 0.15) is 16.7 Å². The number of amides is 1. The van der Waals surface area contributed by atoms with Gasteiger partial charge in [-0.25, -0.2) is 0 Å². The van der Waals surface area contributed by atoms with E-state index in [1.54, 1.807) is 43.3 Å². The van der Waals surface area contributed by atoms with Crippen molar-refractivity contribution in [3.05, 3.63) is 59.7 Å². The molecular weight excluding hydrogens is 370 g/mol. The molecule has 140 valence electrons. The van der Waals surface area contributed by atoms with Gasteiger partial charge in [0, 0.05) is 6.54 Å². The van der Waals surface area contributed by atoms with Crippen LogP contribution in [0.3, 0.4) is 0 Å². The van der Waals surface area contributed by atoms with Gasteiger partial charge in [0.2, 0.25) is 5.71 Å². The molecular formula is C18H17N3O5S. The lowest BCUT2D eigenvalue weighted by atomic mass is 10.2. The molecule has 0 aliphatic heterocycles. The van der Waals surface area contributed by atoms with Gasteiger partial charge in [0.25, 0.3) is 5.91 Å². The SMILES string of the molecule is COc1ccc(CNC(=O)/C(C#N)=N/OS(=O)(=O)c2ccc(C)cc2)cc1. The Morgan fingerprint density at radius 2 is 1.78 bits per heavy atom. The summed E-state index contributed by atoms with van der Waals surface area (Å²) in [5.41, 5.74) is 0.918. The van der Waals surface area contributed by atoms with Crippen LogP contribution in [-0.4, -0.2) is 27.1 Å². The average molecular weight is 387 g/mol. The zero-order valence-corrected chi connectivity index (χ0v) is 15.5. The van der Waals surface area contributed by atoms with E-state index in [9.17, 15) is 13.2 Å². The fraction of sp³-hybridized carbons (Fsp3) is 0.167. The summed E-state index contributed by atoms with van der Waals surface area (Å²) in [6.07, 6.45) is 0. The predicted molar refractivity (Wildman–Crippen MR) is 97.3 cm³/mol. The molecule has 27 heavy (non-hydrogen) atoms. The molecule has 2 rings (SSSR count). The van der Waals surface area contributed by atoms with E-state index in [1.807, 2.05) is 0 Å². The highest BCUT2D eigenvalue weighted by Crippen LogP contribution is 2.14. The lowest BCUT2D eigenvalue weighted by Crippen LogP contribution is -2.30. The van der Waals surface area contributed by atoms with Crippen LogP contribution in [0.4, 0.5) is 0 Å². The molecule has 0 aliphatic carbocycles. The van der Waals surface area contributed by atoms with Crippen LogP contribution in [0, 0.1) is 18.3 Å². The van der Waals surface area contributed by atoms with Crippen molar-refractivity contribution in [2.24, 2.45) is 5.16 Å². The molecule has 0 saturated heterocycles. The van der Waals surface area contributed by atoms with Crippen molar-refractivity contribution in [3.63, 3.8) is 0 Å². The zero-order valence-electron chi connectivity index (χ0n) is 14.7. The number of nitrogens with zero attached hydrogens (tertiary/aromatic N) is 2. The van der Waals surface area contributed by atoms with E-state index in [0.29, 0.717) is 5.75 Å². The second kappa shape index (κ2) is 8.82. The molecule has 0 heterocycles. The van der Waals surface area contributed by atoms with Gasteiger partial charge in [-0.2, -0.15) is 13.7 Å². The normalized spacial score (nSPS) is 11.4. The van der Waals surface area contributed by atoms with Crippen LogP contribution in [-0.2, 0) is 25.7 Å². The summed E-state index contributed by atoms with van der Waals surface area (Å²) in [5, 5.41) is 14.7. The Hall–Kier alpha value is -3.38. The number of ether oxygens (including phenoxy) is 1. The summed E-state index contributed by atoms with van der Waals surface area (Å²) in [7, 11) is -2.68. The van der Waals surface area contributed by atoms with E-state index >= 15 is 0 Å². The molecule has 0 saturated carbocycles. The highest BCUT2D eigenvalue weighted by Gasteiger charge is 2.18. The van der Waals surface area contributed by atoms with Crippen LogP contribution in [0.5, 0.6) is 5.75 Å². The predicted octanol–water partition coefficient (Wildman–Crippen LogP) is 1.90. The molecule has 8 nitrogen and oxygen atoms in total. The molecule has 2 aromatic carbocycles. The van der Waals surface area contributed by atoms with Crippen molar-refractivity contribution in [1.82, 2.24) is 5.32 Å². The van der Waals surface area contributed by atoms with Crippen LogP contribution in [0.1, 0.15) is 11.1 Å². The third-order valence-electron chi connectivity index (χ3n) is 3.47. The molecule has 0 unspecified atom stereocenters. The van der Waals surface area contributed by atoms with E-state index in [-0.39, 0.29) is 11.4 Å². The fourth-order valence-corrected chi connectivity index (χ4v) is 2.68. The highest BCUT2D eigenvalue weighted by molar-refractivity contribution is 7.86. The number of oxime groups is 1. The number of nitriles is 1. The van der Waals surface area contributed by atoms with Gasteiger partial charge in [-0.1, -0.05) is 29.8 Å². The summed E-state index contributed by atoms with van der Waals surface area (Å²) >= 11 is 0. The largest absolute Gasteiger partial charge is 0.497 e. The highest BCUT2D eigenvalue weighted by atomic mass is 32.2. The molecule has 0 aromatic heterocycles. The average Bonchev–Trinajstić information content (AvgIpc) is 2.67. The third-order valence-corrected chi connectivity index (χ3v) is 4.59. The number of benzene rings is 2. The summed E-state index contributed by atoms with van der Waals surface area (Å²) in [5.74, 6) is -0.188. The van der Waals surface area contributed by atoms with Crippen LogP contribution >= 0.6 is 0 Å². The first-order valence-corrected chi connectivity index (χ1v) is 9.16. The van der Waals surface area contributed by atoms with Crippen molar-refractivity contribution in [1.29, 1.82) is 5.26 Å². The Kier molecular flexibility index (Phi) is 6.51. The summed E-state index contributed by atoms with van der Waals surface area (Å²) < 4.78 is 33.6. The number of rotatable bonds is 7. The topological polar surface area (TPSA) is 118 Å². The van der Waals surface area contributed by atoms with Crippen molar-refractivity contribution in [3.8, 4) is 11.8 Å². The van der Waals surface area contributed by atoms with E-state index < -0.39 is 21.7 Å². The number of aryl methyl sites for hydroxylation is 1. The fourth-order valence-electron chi connectivity index (χ4n) is 1.96. The number of nitrogens with one attached hydrogen (secondary N) is 1. The summed E-state index contributed by atoms with van der Waals surface area (Å²) in [4.78, 5) is 11.9. The molecule has 2 aromatic rings. The van der Waals surface area contributed by atoms with E-state index in [2.05, 4.69) is 14.8 Å². The lowest BCUT2D eigenvalue weighted by molar-refractivity contribution is -0.114. The zero-order chi connectivity index (χ0) is 19.9. The minimum Gasteiger partial charge on any atom is -0.497 e. The maximum Gasteiger partial charge on any atom is 0.358 e.